The van der Waals surface area contributed by atoms with Gasteiger partial charge in [-0.15, -0.1) is 0 Å². The molecule has 1 aromatic rings. The Morgan fingerprint density at radius 1 is 0.700 bits per heavy atom. The molecule has 0 fully saturated rings. The molecule has 0 bridgehead atoms. The van der Waals surface area contributed by atoms with E-state index in [0.29, 0.717) is 5.75 Å². The molecular formula is C18H30CaO. The van der Waals surface area contributed by atoms with Crippen molar-refractivity contribution in [2.45, 2.75) is 77.6 Å². The second-order valence-corrected chi connectivity index (χ2v) is 5.60. The van der Waals surface area contributed by atoms with E-state index in [2.05, 4.69) is 6.92 Å². The minimum absolute atomic E-state index is 0. The molecule has 2 radical (unpaired) electrons. The van der Waals surface area contributed by atoms with E-state index in [1.165, 1.54) is 69.8 Å². The molecule has 1 nitrogen and oxygen atoms in total. The summed E-state index contributed by atoms with van der Waals surface area (Å²) in [6.07, 6.45) is 15.0. The van der Waals surface area contributed by atoms with E-state index in [-0.39, 0.29) is 37.7 Å². The Hall–Kier alpha value is 0.280. The third-order valence-corrected chi connectivity index (χ3v) is 3.76. The van der Waals surface area contributed by atoms with Gasteiger partial charge in [-0.1, -0.05) is 76.8 Å². The van der Waals surface area contributed by atoms with Crippen LogP contribution in [0.4, 0.5) is 0 Å². The fourth-order valence-corrected chi connectivity index (χ4v) is 2.48. The van der Waals surface area contributed by atoms with Gasteiger partial charge in [-0.25, -0.2) is 0 Å². The van der Waals surface area contributed by atoms with Crippen LogP contribution in [0.15, 0.2) is 24.3 Å². The molecule has 0 spiro atoms. The van der Waals surface area contributed by atoms with Crippen LogP contribution in [0.5, 0.6) is 5.75 Å². The van der Waals surface area contributed by atoms with Crippen LogP contribution in [0.1, 0.15) is 76.7 Å². The number of benzene rings is 1. The van der Waals surface area contributed by atoms with Crippen LogP contribution in [-0.2, 0) is 6.42 Å². The van der Waals surface area contributed by atoms with Crippen molar-refractivity contribution < 1.29 is 5.11 Å². The van der Waals surface area contributed by atoms with Crippen molar-refractivity contribution in [3.63, 3.8) is 0 Å². The van der Waals surface area contributed by atoms with Crippen LogP contribution in [0, 0.1) is 0 Å². The second kappa shape index (κ2) is 14.2. The monoisotopic (exact) mass is 302 g/mol. The summed E-state index contributed by atoms with van der Waals surface area (Å²) in [6, 6.07) is 7.63. The standard InChI is InChI=1S/C18H30O.Ca/c1-2-3-4-5-6-7-8-9-10-11-12-17-13-15-18(19)16-14-17;/h13-16,19H,2-12H2,1H3;. The molecule has 0 aliphatic carbocycles. The van der Waals surface area contributed by atoms with E-state index >= 15 is 0 Å². The first-order valence-electron chi connectivity index (χ1n) is 8.11. The SMILES string of the molecule is CCCCCCCCCCCCc1ccc(O)cc1.[Ca]. The molecule has 1 N–H and O–H groups in total. The molecule has 0 heterocycles. The smallest absolute Gasteiger partial charge is 0.115 e. The van der Waals surface area contributed by atoms with Crippen LogP contribution >= 0.6 is 0 Å². The minimum Gasteiger partial charge on any atom is -0.508 e. The Morgan fingerprint density at radius 2 is 1.15 bits per heavy atom. The third-order valence-electron chi connectivity index (χ3n) is 3.76. The first-order chi connectivity index (χ1) is 9.33. The molecule has 0 atom stereocenters. The van der Waals surface area contributed by atoms with Gasteiger partial charge in [0, 0.05) is 37.7 Å². The number of hydrogen-bond donors (Lipinski definition) is 1. The normalized spacial score (nSPS) is 10.2. The Labute approximate surface area is 155 Å². The molecule has 110 valence electrons. The minimum atomic E-state index is 0. The number of rotatable bonds is 11. The van der Waals surface area contributed by atoms with E-state index in [9.17, 15) is 5.11 Å². The van der Waals surface area contributed by atoms with Gasteiger partial charge in [-0.05, 0) is 30.5 Å². The molecule has 0 aliphatic rings. The quantitative estimate of drug-likeness (QED) is 0.424. The van der Waals surface area contributed by atoms with E-state index < -0.39 is 0 Å². The van der Waals surface area contributed by atoms with Crippen molar-refractivity contribution in [2.75, 3.05) is 0 Å². The average Bonchev–Trinajstić information content (AvgIpc) is 2.43. The molecule has 1 aromatic carbocycles. The van der Waals surface area contributed by atoms with Crippen LogP contribution in [0.25, 0.3) is 0 Å². The maximum Gasteiger partial charge on any atom is 0.115 e. The summed E-state index contributed by atoms with van der Waals surface area (Å²) < 4.78 is 0. The molecule has 20 heavy (non-hydrogen) atoms. The first kappa shape index (κ1) is 20.3. The van der Waals surface area contributed by atoms with E-state index in [0.717, 1.165) is 6.42 Å². The molecule has 1 rings (SSSR count). The van der Waals surface area contributed by atoms with E-state index in [1.807, 2.05) is 12.1 Å². The summed E-state index contributed by atoms with van der Waals surface area (Å²) in [4.78, 5) is 0. The number of phenols is 1. The number of aromatic hydroxyl groups is 1. The van der Waals surface area contributed by atoms with Crippen molar-refractivity contribution in [1.82, 2.24) is 0 Å². The summed E-state index contributed by atoms with van der Waals surface area (Å²) in [7, 11) is 0. The fraction of sp³-hybridized carbons (Fsp3) is 0.667. The Balaban J connectivity index is 0.00000361. The van der Waals surface area contributed by atoms with Gasteiger partial charge in [0.1, 0.15) is 5.75 Å². The largest absolute Gasteiger partial charge is 0.508 e. The van der Waals surface area contributed by atoms with Gasteiger partial charge in [0.2, 0.25) is 0 Å². The summed E-state index contributed by atoms with van der Waals surface area (Å²) >= 11 is 0. The van der Waals surface area contributed by atoms with Gasteiger partial charge in [0.25, 0.3) is 0 Å². The van der Waals surface area contributed by atoms with Gasteiger partial charge >= 0.3 is 0 Å². The van der Waals surface area contributed by atoms with Gasteiger partial charge in [0.05, 0.1) is 0 Å². The van der Waals surface area contributed by atoms with Crippen LogP contribution < -0.4 is 0 Å². The number of hydrogen-bond acceptors (Lipinski definition) is 1. The van der Waals surface area contributed by atoms with Crippen LogP contribution in [-0.4, -0.2) is 42.8 Å². The maximum atomic E-state index is 9.20. The van der Waals surface area contributed by atoms with Crippen molar-refractivity contribution in [3.8, 4) is 5.75 Å². The predicted molar refractivity (Wildman–Crippen MR) is 89.4 cm³/mol. The zero-order valence-corrected chi connectivity index (χ0v) is 15.5. The van der Waals surface area contributed by atoms with Crippen LogP contribution in [0.2, 0.25) is 0 Å². The summed E-state index contributed by atoms with van der Waals surface area (Å²) in [5.41, 5.74) is 1.34. The Bertz CT molecular complexity index is 308. The zero-order valence-electron chi connectivity index (χ0n) is 13.2. The number of unbranched alkanes of at least 4 members (excludes halogenated alkanes) is 9. The molecule has 0 aromatic heterocycles. The first-order valence-corrected chi connectivity index (χ1v) is 8.11. The van der Waals surface area contributed by atoms with Gasteiger partial charge < -0.3 is 5.11 Å². The third kappa shape index (κ3) is 11.0. The molecule has 0 amide bonds. The Kier molecular flexibility index (Phi) is 14.4. The number of aryl methyl sites for hydroxylation is 1. The van der Waals surface area contributed by atoms with Crippen LogP contribution in [0.3, 0.4) is 0 Å². The van der Waals surface area contributed by atoms with Crippen molar-refractivity contribution >= 4 is 37.7 Å². The topological polar surface area (TPSA) is 20.2 Å². The molecule has 0 saturated carbocycles. The molecule has 0 unspecified atom stereocenters. The second-order valence-electron chi connectivity index (χ2n) is 5.60. The maximum absolute atomic E-state index is 9.20. The van der Waals surface area contributed by atoms with Gasteiger partial charge in [0.15, 0.2) is 0 Å². The number of phenolic OH excluding ortho intramolecular Hbond substituents is 1. The Morgan fingerprint density at radius 3 is 1.65 bits per heavy atom. The summed E-state index contributed by atoms with van der Waals surface area (Å²) in [5.74, 6) is 0.367. The van der Waals surface area contributed by atoms with E-state index in [4.69, 9.17) is 0 Å². The molecule has 2 heteroatoms. The van der Waals surface area contributed by atoms with E-state index in [1.54, 1.807) is 12.1 Å². The molecule has 0 aliphatic heterocycles. The fourth-order valence-electron chi connectivity index (χ4n) is 2.48. The van der Waals surface area contributed by atoms with Crippen molar-refractivity contribution in [2.24, 2.45) is 0 Å². The van der Waals surface area contributed by atoms with Crippen molar-refractivity contribution in [1.29, 1.82) is 0 Å². The molecule has 0 saturated heterocycles. The summed E-state index contributed by atoms with van der Waals surface area (Å²) in [5, 5.41) is 9.20. The zero-order chi connectivity index (χ0) is 13.8. The molecular weight excluding hydrogens is 272 g/mol. The van der Waals surface area contributed by atoms with Gasteiger partial charge in [-0.3, -0.25) is 0 Å². The van der Waals surface area contributed by atoms with Gasteiger partial charge in [-0.2, -0.15) is 0 Å². The average molecular weight is 303 g/mol. The van der Waals surface area contributed by atoms with Crippen molar-refractivity contribution in [3.05, 3.63) is 29.8 Å². The predicted octanol–water partition coefficient (Wildman–Crippen LogP) is 5.47. The summed E-state index contributed by atoms with van der Waals surface area (Å²) in [6.45, 7) is 2.27.